The molecule has 0 radical (unpaired) electrons. The molecule has 94 valence electrons. The molecule has 1 aromatic carbocycles. The number of urea groups is 1. The second-order valence-electron chi connectivity index (χ2n) is 3.53. The first-order valence-corrected chi connectivity index (χ1v) is 4.97. The number of aromatic carboxylic acids is 1. The van der Waals surface area contributed by atoms with Crippen LogP contribution in [0.3, 0.4) is 0 Å². The average molecular weight is 248 g/mol. The number of hydrogen-bond donors (Lipinski definition) is 3. The number of phenols is 1. The predicted octanol–water partition coefficient (Wildman–Crippen LogP) is 1.19. The highest BCUT2D eigenvalue weighted by molar-refractivity contribution is 5.93. The summed E-state index contributed by atoms with van der Waals surface area (Å²) in [6, 6.07) is 3.14. The van der Waals surface area contributed by atoms with Crippen LogP contribution >= 0.6 is 0 Å². The topological polar surface area (TPSA) is 89.9 Å². The Bertz CT molecular complexity index is 519. The van der Waals surface area contributed by atoms with Crippen LogP contribution in [0.25, 0.3) is 0 Å². The maximum Gasteiger partial charge on any atom is 0.335 e. The minimum Gasteiger partial charge on any atom is -0.506 e. The zero-order valence-corrected chi connectivity index (χ0v) is 9.67. The number of aromatic hydroxyl groups is 1. The molecule has 0 saturated heterocycles. The van der Waals surface area contributed by atoms with Crippen molar-refractivity contribution in [3.05, 3.63) is 23.8 Å². The molecule has 0 aliphatic rings. The van der Waals surface area contributed by atoms with Gasteiger partial charge in [0.1, 0.15) is 5.75 Å². The van der Waals surface area contributed by atoms with E-state index in [1.54, 1.807) is 0 Å². The Labute approximate surface area is 104 Å². The summed E-state index contributed by atoms with van der Waals surface area (Å²) in [5.41, 5.74) is 0.0522. The first-order chi connectivity index (χ1) is 8.45. The summed E-state index contributed by atoms with van der Waals surface area (Å²) in [4.78, 5) is 23.5. The zero-order chi connectivity index (χ0) is 13.7. The van der Waals surface area contributed by atoms with E-state index in [-0.39, 0.29) is 23.5 Å². The smallest absolute Gasteiger partial charge is 0.335 e. The van der Waals surface area contributed by atoms with Gasteiger partial charge in [-0.05, 0) is 18.2 Å². The summed E-state index contributed by atoms with van der Waals surface area (Å²) in [6.07, 6.45) is 5.06. The molecule has 0 saturated carbocycles. The van der Waals surface area contributed by atoms with Crippen LogP contribution in [-0.2, 0) is 0 Å². The van der Waals surface area contributed by atoms with Crippen LogP contribution in [0.15, 0.2) is 18.2 Å². The van der Waals surface area contributed by atoms with Crippen molar-refractivity contribution < 1.29 is 19.8 Å². The number of carbonyl (C=O) groups excluding carboxylic acids is 1. The molecule has 0 fully saturated rings. The van der Waals surface area contributed by atoms with Gasteiger partial charge in [-0.15, -0.1) is 6.42 Å². The zero-order valence-electron chi connectivity index (χ0n) is 9.67. The fourth-order valence-electron chi connectivity index (χ4n) is 1.19. The standard InChI is InChI=1S/C12H12N2O4/c1-3-6-14(2)12(18)13-9-5-4-8(11(16)17)7-10(9)15/h1,4-5,7,15H,6H2,2H3,(H,13,18)(H,16,17). The number of phenolic OH excluding ortho intramolecular Hbond substituents is 1. The van der Waals surface area contributed by atoms with E-state index in [2.05, 4.69) is 11.2 Å². The highest BCUT2D eigenvalue weighted by Gasteiger charge is 2.12. The quantitative estimate of drug-likeness (QED) is 0.553. The third-order valence-corrected chi connectivity index (χ3v) is 2.16. The molecule has 6 heteroatoms. The van der Waals surface area contributed by atoms with Crippen LogP contribution in [0.4, 0.5) is 10.5 Å². The highest BCUT2D eigenvalue weighted by atomic mass is 16.4. The minimum atomic E-state index is -1.16. The van der Waals surface area contributed by atoms with E-state index in [1.165, 1.54) is 24.1 Å². The number of anilines is 1. The lowest BCUT2D eigenvalue weighted by Crippen LogP contribution is -2.31. The summed E-state index contributed by atoms with van der Waals surface area (Å²) < 4.78 is 0. The molecule has 0 spiro atoms. The normalized spacial score (nSPS) is 9.33. The van der Waals surface area contributed by atoms with Crippen LogP contribution in [0.2, 0.25) is 0 Å². The van der Waals surface area contributed by atoms with E-state index < -0.39 is 12.0 Å². The third kappa shape index (κ3) is 3.15. The van der Waals surface area contributed by atoms with Crippen molar-refractivity contribution in [2.45, 2.75) is 0 Å². The molecule has 1 rings (SSSR count). The first-order valence-electron chi connectivity index (χ1n) is 4.97. The van der Waals surface area contributed by atoms with E-state index >= 15 is 0 Å². The molecule has 0 bridgehead atoms. The number of benzene rings is 1. The lowest BCUT2D eigenvalue weighted by Gasteiger charge is -2.15. The molecule has 0 aromatic heterocycles. The Kier molecular flexibility index (Phi) is 4.16. The van der Waals surface area contributed by atoms with Gasteiger partial charge in [0.15, 0.2) is 0 Å². The Balaban J connectivity index is 2.83. The van der Waals surface area contributed by atoms with Crippen molar-refractivity contribution in [3.8, 4) is 18.1 Å². The van der Waals surface area contributed by atoms with Crippen LogP contribution in [0.5, 0.6) is 5.75 Å². The summed E-state index contributed by atoms with van der Waals surface area (Å²) in [6.45, 7) is 0.125. The molecular formula is C12H12N2O4. The Hall–Kier alpha value is -2.68. The molecule has 3 N–H and O–H groups in total. The maximum absolute atomic E-state index is 11.6. The van der Waals surface area contributed by atoms with Gasteiger partial charge in [0.25, 0.3) is 0 Å². The molecule has 0 atom stereocenters. The van der Waals surface area contributed by atoms with Gasteiger partial charge in [0.05, 0.1) is 17.8 Å². The fourth-order valence-corrected chi connectivity index (χ4v) is 1.19. The number of nitrogens with zero attached hydrogens (tertiary/aromatic N) is 1. The van der Waals surface area contributed by atoms with Crippen molar-refractivity contribution in [2.75, 3.05) is 18.9 Å². The molecule has 0 aliphatic heterocycles. The predicted molar refractivity (Wildman–Crippen MR) is 65.5 cm³/mol. The molecule has 1 aromatic rings. The second-order valence-corrected chi connectivity index (χ2v) is 3.53. The Morgan fingerprint density at radius 2 is 2.17 bits per heavy atom. The number of amides is 2. The van der Waals surface area contributed by atoms with Crippen LogP contribution in [-0.4, -0.2) is 40.7 Å². The summed E-state index contributed by atoms with van der Waals surface area (Å²) in [7, 11) is 1.50. The summed E-state index contributed by atoms with van der Waals surface area (Å²) >= 11 is 0. The lowest BCUT2D eigenvalue weighted by atomic mass is 10.2. The molecule has 2 amide bonds. The SMILES string of the molecule is C#CCN(C)C(=O)Nc1ccc(C(=O)O)cc1O. The Morgan fingerprint density at radius 3 is 2.67 bits per heavy atom. The molecule has 0 aliphatic carbocycles. The van der Waals surface area contributed by atoms with E-state index in [0.717, 1.165) is 6.07 Å². The van der Waals surface area contributed by atoms with Crippen LogP contribution in [0, 0.1) is 12.3 Å². The van der Waals surface area contributed by atoms with Crippen molar-refractivity contribution in [2.24, 2.45) is 0 Å². The monoisotopic (exact) mass is 248 g/mol. The minimum absolute atomic E-state index is 0.0671. The second kappa shape index (κ2) is 5.59. The highest BCUT2D eigenvalue weighted by Crippen LogP contribution is 2.24. The first kappa shape index (κ1) is 13.4. The van der Waals surface area contributed by atoms with Gasteiger partial charge in [0, 0.05) is 7.05 Å². The fraction of sp³-hybridized carbons (Fsp3) is 0.167. The number of carboxylic acid groups (broad SMARTS) is 1. The molecular weight excluding hydrogens is 236 g/mol. The van der Waals surface area contributed by atoms with Gasteiger partial charge in [-0.25, -0.2) is 9.59 Å². The molecule has 6 nitrogen and oxygen atoms in total. The summed E-state index contributed by atoms with van der Waals surface area (Å²) in [5, 5.41) is 20.7. The number of terminal acetylenes is 1. The van der Waals surface area contributed by atoms with E-state index in [9.17, 15) is 14.7 Å². The third-order valence-electron chi connectivity index (χ3n) is 2.16. The number of hydrogen-bond acceptors (Lipinski definition) is 3. The van der Waals surface area contributed by atoms with Crippen LogP contribution in [0.1, 0.15) is 10.4 Å². The maximum atomic E-state index is 11.6. The number of rotatable bonds is 3. The van der Waals surface area contributed by atoms with Gasteiger partial charge >= 0.3 is 12.0 Å². The van der Waals surface area contributed by atoms with E-state index in [4.69, 9.17) is 11.5 Å². The number of carboxylic acids is 1. The number of carbonyl (C=O) groups is 2. The average Bonchev–Trinajstić information content (AvgIpc) is 2.31. The lowest BCUT2D eigenvalue weighted by molar-refractivity contribution is 0.0696. The van der Waals surface area contributed by atoms with E-state index in [1.807, 2.05) is 0 Å². The Morgan fingerprint density at radius 1 is 1.50 bits per heavy atom. The molecule has 18 heavy (non-hydrogen) atoms. The van der Waals surface area contributed by atoms with Crippen molar-refractivity contribution in [1.29, 1.82) is 0 Å². The van der Waals surface area contributed by atoms with Gasteiger partial charge in [-0.2, -0.15) is 0 Å². The van der Waals surface area contributed by atoms with E-state index in [0.29, 0.717) is 0 Å². The summed E-state index contributed by atoms with van der Waals surface area (Å²) in [5.74, 6) is 0.816. The van der Waals surface area contributed by atoms with Gasteiger partial charge < -0.3 is 20.4 Å². The van der Waals surface area contributed by atoms with Crippen molar-refractivity contribution in [3.63, 3.8) is 0 Å². The number of nitrogens with one attached hydrogen (secondary N) is 1. The van der Waals surface area contributed by atoms with Crippen LogP contribution < -0.4 is 5.32 Å². The molecule has 0 unspecified atom stereocenters. The van der Waals surface area contributed by atoms with Gasteiger partial charge in [0.2, 0.25) is 0 Å². The van der Waals surface area contributed by atoms with Gasteiger partial charge in [-0.3, -0.25) is 0 Å². The largest absolute Gasteiger partial charge is 0.506 e. The van der Waals surface area contributed by atoms with Crippen molar-refractivity contribution >= 4 is 17.7 Å². The molecule has 0 heterocycles. The van der Waals surface area contributed by atoms with Gasteiger partial charge in [-0.1, -0.05) is 5.92 Å². The van der Waals surface area contributed by atoms with Crippen molar-refractivity contribution in [1.82, 2.24) is 4.90 Å².